The molecule has 0 aliphatic heterocycles. The molecule has 0 unspecified atom stereocenters. The number of amides is 2. The summed E-state index contributed by atoms with van der Waals surface area (Å²) in [5.41, 5.74) is 14.1. The summed E-state index contributed by atoms with van der Waals surface area (Å²) in [5.74, 6) is -2.28. The zero-order valence-electron chi connectivity index (χ0n) is 17.8. The fourth-order valence-electron chi connectivity index (χ4n) is 3.89. The van der Waals surface area contributed by atoms with Crippen LogP contribution in [0, 0.1) is 31.0 Å². The van der Waals surface area contributed by atoms with E-state index in [0.717, 1.165) is 11.6 Å². The number of fused-ring (bicyclic) bond motifs is 1. The number of carbonyl (C=O) groups excluding carboxylic acids is 2. The van der Waals surface area contributed by atoms with Gasteiger partial charge in [0, 0.05) is 34.5 Å². The lowest BCUT2D eigenvalue weighted by Crippen LogP contribution is -2.21. The highest BCUT2D eigenvalue weighted by molar-refractivity contribution is 6.15. The van der Waals surface area contributed by atoms with Gasteiger partial charge in [-0.3, -0.25) is 14.3 Å². The second-order valence-electron chi connectivity index (χ2n) is 7.47. The smallest absolute Gasteiger partial charge is 0.267 e. The van der Waals surface area contributed by atoms with Crippen molar-refractivity contribution in [1.82, 2.24) is 19.7 Å². The van der Waals surface area contributed by atoms with Crippen molar-refractivity contribution in [3.8, 4) is 17.2 Å². The largest absolute Gasteiger partial charge is 0.366 e. The Bertz CT molecular complexity index is 1480. The van der Waals surface area contributed by atoms with Crippen LogP contribution in [0.15, 0.2) is 36.5 Å². The number of primary amides is 2. The summed E-state index contributed by atoms with van der Waals surface area (Å²) < 4.78 is 15.5. The average Bonchev–Trinajstić information content (AvgIpc) is 3.05. The number of halogens is 1. The van der Waals surface area contributed by atoms with E-state index in [1.807, 2.05) is 6.07 Å². The lowest BCUT2D eigenvalue weighted by molar-refractivity contribution is 0.0996. The van der Waals surface area contributed by atoms with Crippen LogP contribution < -0.4 is 11.5 Å². The molecular formula is C23H18FN7O2. The number of nitrogens with zero attached hydrogens (tertiary/aromatic N) is 5. The number of carbonyl (C=O) groups is 2. The highest BCUT2D eigenvalue weighted by Gasteiger charge is 2.27. The lowest BCUT2D eigenvalue weighted by Gasteiger charge is -2.15. The van der Waals surface area contributed by atoms with Gasteiger partial charge in [-0.1, -0.05) is 6.07 Å². The molecule has 164 valence electrons. The topological polar surface area (TPSA) is 154 Å². The van der Waals surface area contributed by atoms with Crippen molar-refractivity contribution in [2.45, 2.75) is 20.4 Å². The number of pyridine rings is 2. The maximum absolute atomic E-state index is 13.8. The molecule has 0 saturated carbocycles. The van der Waals surface area contributed by atoms with E-state index < -0.39 is 17.6 Å². The molecule has 0 aliphatic rings. The maximum Gasteiger partial charge on any atom is 0.267 e. The molecule has 3 heterocycles. The number of hydrogen-bond donors (Lipinski definition) is 2. The quantitative estimate of drug-likeness (QED) is 0.483. The van der Waals surface area contributed by atoms with Crippen molar-refractivity contribution < 1.29 is 14.0 Å². The van der Waals surface area contributed by atoms with Gasteiger partial charge in [-0.25, -0.2) is 14.4 Å². The minimum atomic E-state index is -0.887. The van der Waals surface area contributed by atoms with Gasteiger partial charge in [0.05, 0.1) is 23.3 Å². The third kappa shape index (κ3) is 3.76. The van der Waals surface area contributed by atoms with E-state index in [4.69, 9.17) is 16.7 Å². The molecule has 0 fully saturated rings. The van der Waals surface area contributed by atoms with Gasteiger partial charge >= 0.3 is 0 Å². The molecule has 3 aromatic heterocycles. The number of nitriles is 1. The van der Waals surface area contributed by atoms with Crippen LogP contribution in [0.3, 0.4) is 0 Å². The minimum Gasteiger partial charge on any atom is -0.366 e. The molecule has 0 atom stereocenters. The van der Waals surface area contributed by atoms with E-state index >= 15 is 0 Å². The Morgan fingerprint density at radius 1 is 1.12 bits per heavy atom. The zero-order valence-corrected chi connectivity index (χ0v) is 17.8. The van der Waals surface area contributed by atoms with Gasteiger partial charge in [-0.05, 0) is 37.6 Å². The number of benzene rings is 1. The Labute approximate surface area is 187 Å². The number of rotatable bonds is 5. The summed E-state index contributed by atoms with van der Waals surface area (Å²) in [4.78, 5) is 33.2. The van der Waals surface area contributed by atoms with Gasteiger partial charge in [0.1, 0.15) is 23.3 Å². The normalized spacial score (nSPS) is 10.8. The second kappa shape index (κ2) is 8.12. The number of aromatic nitrogens is 4. The monoisotopic (exact) mass is 443 g/mol. The minimum absolute atomic E-state index is 0.0135. The SMILES string of the molecule is Cc1nn(Cc2ccc(C#N)nc2)c(C)c1-c1c(C(N)=O)nc2cc(F)ccc2c1C(N)=O. The highest BCUT2D eigenvalue weighted by Crippen LogP contribution is 2.36. The number of nitrogens with two attached hydrogens (primary N) is 2. The second-order valence-corrected chi connectivity index (χ2v) is 7.47. The standard InChI is InChI=1S/C23H18FN7O2/c1-11-18(12(2)31(30-11)10-13-3-5-15(8-25)28-9-13)20-19(22(26)32)16-6-4-14(24)7-17(16)29-21(20)23(27)33/h3-7,9H,10H2,1-2H3,(H2,26,32)(H2,27,33). The van der Waals surface area contributed by atoms with Gasteiger partial charge in [0.15, 0.2) is 0 Å². The Balaban J connectivity index is 1.97. The molecule has 0 bridgehead atoms. The van der Waals surface area contributed by atoms with Gasteiger partial charge in [0.25, 0.3) is 5.91 Å². The van der Waals surface area contributed by atoms with Crippen LogP contribution in [0.2, 0.25) is 0 Å². The summed E-state index contributed by atoms with van der Waals surface area (Å²) in [5, 5.41) is 13.8. The molecule has 0 spiro atoms. The third-order valence-electron chi connectivity index (χ3n) is 5.33. The molecule has 0 aliphatic carbocycles. The molecule has 2 amide bonds. The van der Waals surface area contributed by atoms with Crippen LogP contribution in [-0.2, 0) is 6.54 Å². The van der Waals surface area contributed by atoms with Crippen LogP contribution in [0.1, 0.15) is 43.5 Å². The first-order valence-corrected chi connectivity index (χ1v) is 9.83. The summed E-state index contributed by atoms with van der Waals surface area (Å²) in [6.07, 6.45) is 1.57. The molecule has 1 aromatic carbocycles. The van der Waals surface area contributed by atoms with Gasteiger partial charge in [0.2, 0.25) is 5.91 Å². The molecule has 0 saturated heterocycles. The molecule has 4 rings (SSSR count). The molecule has 4 N–H and O–H groups in total. The predicted octanol–water partition coefficient (Wildman–Crippen LogP) is 2.37. The molecule has 0 radical (unpaired) electrons. The van der Waals surface area contributed by atoms with Crippen LogP contribution in [0.4, 0.5) is 4.39 Å². The molecular weight excluding hydrogens is 425 g/mol. The van der Waals surface area contributed by atoms with Crippen molar-refractivity contribution in [1.29, 1.82) is 5.26 Å². The van der Waals surface area contributed by atoms with Crippen LogP contribution in [0.25, 0.3) is 22.0 Å². The molecule has 9 nitrogen and oxygen atoms in total. The van der Waals surface area contributed by atoms with Gasteiger partial charge < -0.3 is 11.5 Å². The van der Waals surface area contributed by atoms with Crippen molar-refractivity contribution in [3.63, 3.8) is 0 Å². The Morgan fingerprint density at radius 2 is 1.88 bits per heavy atom. The highest BCUT2D eigenvalue weighted by atomic mass is 19.1. The molecule has 33 heavy (non-hydrogen) atoms. The van der Waals surface area contributed by atoms with Crippen LogP contribution in [0.5, 0.6) is 0 Å². The van der Waals surface area contributed by atoms with E-state index in [9.17, 15) is 14.0 Å². The van der Waals surface area contributed by atoms with Crippen LogP contribution >= 0.6 is 0 Å². The third-order valence-corrected chi connectivity index (χ3v) is 5.33. The van der Waals surface area contributed by atoms with Crippen molar-refractivity contribution >= 4 is 22.7 Å². The first kappa shape index (κ1) is 21.6. The van der Waals surface area contributed by atoms with E-state index in [0.29, 0.717) is 34.6 Å². The van der Waals surface area contributed by atoms with E-state index in [-0.39, 0.29) is 22.3 Å². The van der Waals surface area contributed by atoms with Gasteiger partial charge in [-0.15, -0.1) is 0 Å². The maximum atomic E-state index is 13.8. The summed E-state index contributed by atoms with van der Waals surface area (Å²) in [7, 11) is 0. The van der Waals surface area contributed by atoms with Crippen LogP contribution in [-0.4, -0.2) is 31.6 Å². The molecule has 4 aromatic rings. The van der Waals surface area contributed by atoms with Crippen molar-refractivity contribution in [2.75, 3.05) is 0 Å². The van der Waals surface area contributed by atoms with E-state index in [1.54, 1.807) is 36.9 Å². The fourth-order valence-corrected chi connectivity index (χ4v) is 3.89. The molecule has 10 heteroatoms. The summed E-state index contributed by atoms with van der Waals surface area (Å²) >= 11 is 0. The van der Waals surface area contributed by atoms with Crippen molar-refractivity contribution in [2.24, 2.45) is 11.5 Å². The lowest BCUT2D eigenvalue weighted by atomic mass is 9.92. The Kier molecular flexibility index (Phi) is 5.31. The average molecular weight is 443 g/mol. The summed E-state index contributed by atoms with van der Waals surface area (Å²) in [6, 6.07) is 9.02. The van der Waals surface area contributed by atoms with E-state index in [2.05, 4.69) is 15.1 Å². The Morgan fingerprint density at radius 3 is 2.48 bits per heavy atom. The predicted molar refractivity (Wildman–Crippen MR) is 117 cm³/mol. The summed E-state index contributed by atoms with van der Waals surface area (Å²) in [6.45, 7) is 3.83. The number of hydrogen-bond acceptors (Lipinski definition) is 6. The van der Waals surface area contributed by atoms with Gasteiger partial charge in [-0.2, -0.15) is 10.4 Å². The zero-order chi connectivity index (χ0) is 23.9. The van der Waals surface area contributed by atoms with E-state index in [1.165, 1.54) is 12.1 Å². The van der Waals surface area contributed by atoms with Crippen molar-refractivity contribution in [3.05, 3.63) is 76.2 Å². The first-order chi connectivity index (χ1) is 15.7. The fraction of sp³-hybridized carbons (Fsp3) is 0.130. The Hall–Kier alpha value is -4.65. The first-order valence-electron chi connectivity index (χ1n) is 9.83. The number of aryl methyl sites for hydroxylation is 1.